The molecule has 0 aromatic heterocycles. The highest BCUT2D eigenvalue weighted by Crippen LogP contribution is 2.41. The molecular formula is C27H40FNO. The lowest BCUT2D eigenvalue weighted by atomic mass is 9.67. The number of piperidine rings is 1. The molecule has 0 spiro atoms. The Hall–Kier alpha value is -1.48. The third-order valence-corrected chi connectivity index (χ3v) is 7.39. The zero-order valence-electron chi connectivity index (χ0n) is 19.4. The van der Waals surface area contributed by atoms with Crippen LogP contribution in [-0.4, -0.2) is 30.3 Å². The van der Waals surface area contributed by atoms with Crippen molar-refractivity contribution in [3.8, 4) is 0 Å². The van der Waals surface area contributed by atoms with E-state index in [2.05, 4.69) is 43.9 Å². The van der Waals surface area contributed by atoms with E-state index in [9.17, 15) is 9.18 Å². The molecule has 3 rings (SSSR count). The van der Waals surface area contributed by atoms with Crippen molar-refractivity contribution >= 4 is 5.78 Å². The van der Waals surface area contributed by atoms with Gasteiger partial charge in [-0.15, -0.1) is 0 Å². The number of carbonyl (C=O) groups is 1. The lowest BCUT2D eigenvalue weighted by Gasteiger charge is -2.43. The van der Waals surface area contributed by atoms with Crippen molar-refractivity contribution in [2.75, 3.05) is 19.6 Å². The maximum atomic E-state index is 14.4. The van der Waals surface area contributed by atoms with Crippen LogP contribution in [0.5, 0.6) is 0 Å². The molecule has 0 aromatic carbocycles. The van der Waals surface area contributed by atoms with Gasteiger partial charge in [0.1, 0.15) is 5.83 Å². The lowest BCUT2D eigenvalue weighted by molar-refractivity contribution is -0.124. The average Bonchev–Trinajstić information content (AvgIpc) is 2.73. The van der Waals surface area contributed by atoms with Gasteiger partial charge in [0.15, 0.2) is 5.78 Å². The molecule has 3 heteroatoms. The molecule has 30 heavy (non-hydrogen) atoms. The van der Waals surface area contributed by atoms with Crippen LogP contribution >= 0.6 is 0 Å². The topological polar surface area (TPSA) is 20.3 Å². The van der Waals surface area contributed by atoms with Crippen LogP contribution in [0, 0.1) is 29.6 Å². The number of unbranched alkanes of at least 4 members (excludes halogenated alkanes) is 1. The summed E-state index contributed by atoms with van der Waals surface area (Å²) in [6, 6.07) is 0. The summed E-state index contributed by atoms with van der Waals surface area (Å²) in [5, 5.41) is 0. The third kappa shape index (κ3) is 5.60. The number of carbonyl (C=O) groups excluding carboxylic acids is 1. The molecule has 166 valence electrons. The Morgan fingerprint density at radius 3 is 2.83 bits per heavy atom. The van der Waals surface area contributed by atoms with Crippen LogP contribution in [-0.2, 0) is 4.79 Å². The van der Waals surface area contributed by atoms with Gasteiger partial charge in [0.25, 0.3) is 0 Å². The molecule has 4 unspecified atom stereocenters. The number of likely N-dealkylation sites (tertiary alicyclic amines) is 1. The number of rotatable bonds is 8. The van der Waals surface area contributed by atoms with Crippen LogP contribution in [0.3, 0.4) is 0 Å². The maximum Gasteiger partial charge on any atom is 0.163 e. The van der Waals surface area contributed by atoms with Gasteiger partial charge in [-0.1, -0.05) is 57.9 Å². The Balaban J connectivity index is 1.75. The molecule has 1 saturated heterocycles. The molecule has 1 aliphatic heterocycles. The molecule has 1 heterocycles. The number of nitrogens with zero attached hydrogens (tertiary/aromatic N) is 1. The van der Waals surface area contributed by atoms with Gasteiger partial charge in [0, 0.05) is 18.4 Å². The molecule has 1 fully saturated rings. The first kappa shape index (κ1) is 23.2. The first-order valence-electron chi connectivity index (χ1n) is 12.0. The van der Waals surface area contributed by atoms with Gasteiger partial charge in [-0.25, -0.2) is 4.39 Å². The van der Waals surface area contributed by atoms with Crippen LogP contribution in [0.15, 0.2) is 47.4 Å². The highest BCUT2D eigenvalue weighted by atomic mass is 19.1. The van der Waals surface area contributed by atoms with E-state index in [0.29, 0.717) is 5.78 Å². The minimum atomic E-state index is -0.130. The number of Topliss-reactive ketones (excluding diaryl/α,β-unsaturated/α-hetero) is 1. The minimum absolute atomic E-state index is 0.0247. The van der Waals surface area contributed by atoms with Crippen molar-refractivity contribution in [2.45, 2.75) is 66.2 Å². The highest BCUT2D eigenvalue weighted by Gasteiger charge is 2.41. The molecule has 0 bridgehead atoms. The van der Waals surface area contributed by atoms with E-state index >= 15 is 0 Å². The van der Waals surface area contributed by atoms with E-state index in [4.69, 9.17) is 0 Å². The van der Waals surface area contributed by atoms with Gasteiger partial charge in [-0.3, -0.25) is 4.79 Å². The van der Waals surface area contributed by atoms with Crippen molar-refractivity contribution in [1.29, 1.82) is 0 Å². The van der Waals surface area contributed by atoms with Gasteiger partial charge >= 0.3 is 0 Å². The molecule has 0 saturated carbocycles. The number of hydrogen-bond acceptors (Lipinski definition) is 2. The molecule has 0 aromatic rings. The van der Waals surface area contributed by atoms with Gasteiger partial charge in [0.2, 0.25) is 0 Å². The summed E-state index contributed by atoms with van der Waals surface area (Å²) in [5.41, 5.74) is 2.13. The highest BCUT2D eigenvalue weighted by molar-refractivity contribution is 5.99. The monoisotopic (exact) mass is 413 g/mol. The molecule has 2 nitrogen and oxygen atoms in total. The Morgan fingerprint density at radius 1 is 1.30 bits per heavy atom. The largest absolute Gasteiger partial charge is 0.303 e. The van der Waals surface area contributed by atoms with Crippen molar-refractivity contribution in [1.82, 2.24) is 4.90 Å². The summed E-state index contributed by atoms with van der Waals surface area (Å²) in [6.45, 7) is 11.5. The number of allylic oxidation sites excluding steroid dienone is 8. The molecule has 3 aliphatic rings. The molecule has 0 radical (unpaired) electrons. The van der Waals surface area contributed by atoms with Crippen molar-refractivity contribution < 1.29 is 9.18 Å². The molecule has 0 N–H and O–H groups in total. The Kier molecular flexibility index (Phi) is 8.27. The third-order valence-electron chi connectivity index (χ3n) is 7.39. The van der Waals surface area contributed by atoms with E-state index < -0.39 is 0 Å². The van der Waals surface area contributed by atoms with Gasteiger partial charge < -0.3 is 4.90 Å². The van der Waals surface area contributed by atoms with Gasteiger partial charge in [-0.05, 0) is 80.7 Å². The van der Waals surface area contributed by atoms with Gasteiger partial charge in [-0.2, -0.15) is 0 Å². The van der Waals surface area contributed by atoms with E-state index in [1.807, 2.05) is 13.0 Å². The zero-order chi connectivity index (χ0) is 21.7. The summed E-state index contributed by atoms with van der Waals surface area (Å²) in [5.74, 6) is 1.22. The fourth-order valence-electron chi connectivity index (χ4n) is 5.49. The fraction of sp³-hybridized carbons (Fsp3) is 0.667. The normalized spacial score (nSPS) is 30.1. The summed E-state index contributed by atoms with van der Waals surface area (Å²) in [4.78, 5) is 16.2. The summed E-state index contributed by atoms with van der Waals surface area (Å²) in [6.07, 6.45) is 16.4. The van der Waals surface area contributed by atoms with E-state index in [1.165, 1.54) is 19.3 Å². The Labute approximate surface area is 183 Å². The predicted molar refractivity (Wildman–Crippen MR) is 124 cm³/mol. The van der Waals surface area contributed by atoms with Crippen molar-refractivity contribution in [2.24, 2.45) is 29.6 Å². The quantitative estimate of drug-likeness (QED) is 0.415. The SMILES string of the molecule is CC1=C(C(=O)C2CN(CCCCC(C)C)CCC2C2C=CC=C(F)C2C)CCC=C1. The maximum absolute atomic E-state index is 14.4. The summed E-state index contributed by atoms with van der Waals surface area (Å²) >= 11 is 0. The Bertz CT molecular complexity index is 729. The second kappa shape index (κ2) is 10.7. The van der Waals surface area contributed by atoms with Crippen molar-refractivity contribution in [3.05, 3.63) is 47.4 Å². The zero-order valence-corrected chi connectivity index (χ0v) is 19.4. The number of hydrogen-bond donors (Lipinski definition) is 0. The molecule has 0 amide bonds. The predicted octanol–water partition coefficient (Wildman–Crippen LogP) is 6.66. The van der Waals surface area contributed by atoms with E-state index in [1.54, 1.807) is 6.08 Å². The van der Waals surface area contributed by atoms with Gasteiger partial charge in [0.05, 0.1) is 0 Å². The summed E-state index contributed by atoms with van der Waals surface area (Å²) in [7, 11) is 0. The number of halogens is 1. The first-order chi connectivity index (χ1) is 14.4. The molecular weight excluding hydrogens is 373 g/mol. The van der Waals surface area contributed by atoms with Crippen LogP contribution in [0.1, 0.15) is 66.2 Å². The summed E-state index contributed by atoms with van der Waals surface area (Å²) < 4.78 is 14.4. The number of ketones is 1. The lowest BCUT2D eigenvalue weighted by Crippen LogP contribution is -2.47. The van der Waals surface area contributed by atoms with Crippen LogP contribution in [0.2, 0.25) is 0 Å². The molecule has 4 atom stereocenters. The fourth-order valence-corrected chi connectivity index (χ4v) is 5.49. The first-order valence-corrected chi connectivity index (χ1v) is 12.0. The smallest absolute Gasteiger partial charge is 0.163 e. The van der Waals surface area contributed by atoms with Crippen LogP contribution in [0.4, 0.5) is 4.39 Å². The standard InChI is InChI=1S/C27H40FNO/c1-19(2)10-7-8-16-29-17-15-24(23-13-9-14-26(28)21(23)4)25(18-29)27(30)22-12-6-5-11-20(22)3/h5,9,11,13-14,19,21,23-25H,6-8,10,12,15-18H2,1-4H3. The van der Waals surface area contributed by atoms with E-state index in [0.717, 1.165) is 56.0 Å². The van der Waals surface area contributed by atoms with E-state index in [-0.39, 0.29) is 29.5 Å². The average molecular weight is 414 g/mol. The second-order valence-corrected chi connectivity index (χ2v) is 10.0. The van der Waals surface area contributed by atoms with Crippen LogP contribution < -0.4 is 0 Å². The second-order valence-electron chi connectivity index (χ2n) is 10.0. The Morgan fingerprint density at radius 2 is 2.10 bits per heavy atom. The minimum Gasteiger partial charge on any atom is -0.303 e. The van der Waals surface area contributed by atoms with Crippen molar-refractivity contribution in [3.63, 3.8) is 0 Å². The molecule has 2 aliphatic carbocycles. The van der Waals surface area contributed by atoms with Crippen LogP contribution in [0.25, 0.3) is 0 Å².